The van der Waals surface area contributed by atoms with Crippen LogP contribution in [-0.4, -0.2) is 32.9 Å². The van der Waals surface area contributed by atoms with Crippen molar-refractivity contribution in [1.29, 1.82) is 0 Å². The van der Waals surface area contributed by atoms with Gasteiger partial charge < -0.3 is 0 Å². The van der Waals surface area contributed by atoms with Gasteiger partial charge in [0, 0.05) is 10.7 Å². The number of fused-ring (bicyclic) bond motifs is 1. The first-order valence-electron chi connectivity index (χ1n) is 7.70. The van der Waals surface area contributed by atoms with Crippen LogP contribution in [0.1, 0.15) is 17.5 Å². The normalized spacial score (nSPS) is 14.7. The summed E-state index contributed by atoms with van der Waals surface area (Å²) in [5.41, 5.74) is 3.27. The Hall–Kier alpha value is -2.19. The van der Waals surface area contributed by atoms with Crippen LogP contribution in [0, 0.1) is 13.8 Å². The Balaban J connectivity index is 1.87. The van der Waals surface area contributed by atoms with Crippen molar-refractivity contribution in [3.8, 4) is 5.69 Å². The molecule has 1 aromatic carbocycles. The van der Waals surface area contributed by atoms with Crippen LogP contribution in [0.15, 0.2) is 27.6 Å². The predicted molar refractivity (Wildman–Crippen MR) is 94.6 cm³/mol. The summed E-state index contributed by atoms with van der Waals surface area (Å²) in [5, 5.41) is 6.58. The van der Waals surface area contributed by atoms with E-state index in [1.165, 1.54) is 0 Å². The van der Waals surface area contributed by atoms with Crippen LogP contribution in [0.25, 0.3) is 16.7 Å². The van der Waals surface area contributed by atoms with Crippen molar-refractivity contribution < 1.29 is 4.84 Å². The lowest BCUT2D eigenvalue weighted by atomic mass is 10.1. The largest absolute Gasteiger partial charge is 0.290 e. The summed E-state index contributed by atoms with van der Waals surface area (Å²) in [6, 6.07) is 4.05. The monoisotopic (exact) mass is 389 g/mol. The SMILES string of the molecule is Cc1cc(Br)cc(C)c1-n1cc2c(=O)[nH]c(N3CCCO3)nc2n1. The van der Waals surface area contributed by atoms with E-state index in [4.69, 9.17) is 4.84 Å². The van der Waals surface area contributed by atoms with E-state index >= 15 is 0 Å². The Morgan fingerprint density at radius 1 is 1.29 bits per heavy atom. The van der Waals surface area contributed by atoms with E-state index in [0.717, 1.165) is 27.7 Å². The lowest BCUT2D eigenvalue weighted by molar-refractivity contribution is 0.164. The zero-order valence-corrected chi connectivity index (χ0v) is 14.9. The Kier molecular flexibility index (Phi) is 3.65. The maximum Gasteiger partial charge on any atom is 0.263 e. The molecule has 0 radical (unpaired) electrons. The molecule has 1 saturated heterocycles. The van der Waals surface area contributed by atoms with E-state index in [0.29, 0.717) is 30.1 Å². The van der Waals surface area contributed by atoms with E-state index in [1.807, 2.05) is 26.0 Å². The van der Waals surface area contributed by atoms with Crippen molar-refractivity contribution >= 4 is 32.9 Å². The molecule has 0 bridgehead atoms. The fourth-order valence-corrected chi connectivity index (χ4v) is 3.70. The molecule has 124 valence electrons. The number of aromatic amines is 1. The number of benzene rings is 1. The summed E-state index contributed by atoms with van der Waals surface area (Å²) in [6.07, 6.45) is 2.63. The number of nitrogens with one attached hydrogen (secondary N) is 1. The summed E-state index contributed by atoms with van der Waals surface area (Å²) >= 11 is 3.50. The predicted octanol–water partition coefficient (Wildman–Crippen LogP) is 2.63. The minimum atomic E-state index is -0.218. The van der Waals surface area contributed by atoms with Gasteiger partial charge in [0.05, 0.1) is 18.8 Å². The average molecular weight is 390 g/mol. The third kappa shape index (κ3) is 2.51. The zero-order valence-electron chi connectivity index (χ0n) is 13.3. The molecule has 2 aromatic heterocycles. The third-order valence-electron chi connectivity index (χ3n) is 4.05. The third-order valence-corrected chi connectivity index (χ3v) is 4.51. The quantitative estimate of drug-likeness (QED) is 0.728. The van der Waals surface area contributed by atoms with Crippen LogP contribution in [-0.2, 0) is 4.84 Å². The molecule has 1 N–H and O–H groups in total. The van der Waals surface area contributed by atoms with E-state index in [-0.39, 0.29) is 5.56 Å². The van der Waals surface area contributed by atoms with Gasteiger partial charge in [-0.05, 0) is 43.5 Å². The van der Waals surface area contributed by atoms with E-state index in [9.17, 15) is 4.79 Å². The molecule has 1 fully saturated rings. The highest BCUT2D eigenvalue weighted by atomic mass is 79.9. The number of aromatic nitrogens is 4. The molecule has 8 heteroatoms. The zero-order chi connectivity index (χ0) is 16.8. The number of hydroxylamine groups is 1. The molecule has 24 heavy (non-hydrogen) atoms. The number of H-pyrrole nitrogens is 1. The first-order valence-corrected chi connectivity index (χ1v) is 8.49. The van der Waals surface area contributed by atoms with Gasteiger partial charge >= 0.3 is 0 Å². The molecular weight excluding hydrogens is 374 g/mol. The van der Waals surface area contributed by atoms with Crippen LogP contribution in [0.2, 0.25) is 0 Å². The number of halogens is 1. The highest BCUT2D eigenvalue weighted by Crippen LogP contribution is 2.25. The van der Waals surface area contributed by atoms with Crippen molar-refractivity contribution in [2.75, 3.05) is 18.2 Å². The Morgan fingerprint density at radius 3 is 2.71 bits per heavy atom. The van der Waals surface area contributed by atoms with Crippen LogP contribution >= 0.6 is 15.9 Å². The van der Waals surface area contributed by atoms with E-state index in [1.54, 1.807) is 15.9 Å². The molecule has 4 rings (SSSR count). The number of nitrogens with zero attached hydrogens (tertiary/aromatic N) is 4. The van der Waals surface area contributed by atoms with Crippen molar-refractivity contribution in [3.05, 3.63) is 44.3 Å². The molecular formula is C16H16BrN5O2. The molecule has 1 aliphatic rings. The summed E-state index contributed by atoms with van der Waals surface area (Å²) in [6.45, 7) is 5.37. The second-order valence-electron chi connectivity index (χ2n) is 5.88. The first-order chi connectivity index (χ1) is 11.5. The molecule has 0 atom stereocenters. The summed E-state index contributed by atoms with van der Waals surface area (Å²) in [5.74, 6) is 0.402. The maximum absolute atomic E-state index is 12.4. The maximum atomic E-state index is 12.4. The van der Waals surface area contributed by atoms with Gasteiger partial charge in [0.25, 0.3) is 5.56 Å². The molecule has 0 amide bonds. The fraction of sp³-hybridized carbons (Fsp3) is 0.312. The number of hydrogen-bond donors (Lipinski definition) is 1. The number of rotatable bonds is 2. The first kappa shape index (κ1) is 15.3. The van der Waals surface area contributed by atoms with Crippen molar-refractivity contribution in [1.82, 2.24) is 19.7 Å². The number of anilines is 1. The standard InChI is InChI=1S/C16H16BrN5O2/c1-9-6-11(17)7-10(2)13(9)21-8-12-14(20-21)18-16(19-15(12)23)22-4-3-5-24-22/h6-8H,3-5H2,1-2H3,(H,18,19,20,23). The molecule has 0 spiro atoms. The lowest BCUT2D eigenvalue weighted by Crippen LogP contribution is -2.22. The average Bonchev–Trinajstić information content (AvgIpc) is 3.14. The van der Waals surface area contributed by atoms with Crippen LogP contribution in [0.4, 0.5) is 5.95 Å². The van der Waals surface area contributed by atoms with Gasteiger partial charge in [-0.3, -0.25) is 14.6 Å². The van der Waals surface area contributed by atoms with Gasteiger partial charge in [0.1, 0.15) is 5.39 Å². The minimum absolute atomic E-state index is 0.218. The smallest absolute Gasteiger partial charge is 0.263 e. The van der Waals surface area contributed by atoms with Crippen LogP contribution in [0.5, 0.6) is 0 Å². The molecule has 1 aliphatic heterocycles. The van der Waals surface area contributed by atoms with Gasteiger partial charge in [-0.2, -0.15) is 4.98 Å². The van der Waals surface area contributed by atoms with Gasteiger partial charge in [0.15, 0.2) is 5.65 Å². The molecule has 0 unspecified atom stereocenters. The van der Waals surface area contributed by atoms with Crippen molar-refractivity contribution in [2.24, 2.45) is 0 Å². The van der Waals surface area contributed by atoms with E-state index in [2.05, 4.69) is 31.0 Å². The number of aryl methyl sites for hydroxylation is 2. The molecule has 0 aliphatic carbocycles. The van der Waals surface area contributed by atoms with Gasteiger partial charge in [0.2, 0.25) is 5.95 Å². The number of hydrogen-bond acceptors (Lipinski definition) is 5. The highest BCUT2D eigenvalue weighted by Gasteiger charge is 2.19. The minimum Gasteiger partial charge on any atom is -0.290 e. The molecule has 7 nitrogen and oxygen atoms in total. The molecule has 3 heterocycles. The second kappa shape index (κ2) is 5.71. The van der Waals surface area contributed by atoms with E-state index < -0.39 is 0 Å². The van der Waals surface area contributed by atoms with Crippen LogP contribution in [0.3, 0.4) is 0 Å². The Labute approximate surface area is 146 Å². The van der Waals surface area contributed by atoms with Crippen LogP contribution < -0.4 is 10.6 Å². The van der Waals surface area contributed by atoms with Crippen molar-refractivity contribution in [2.45, 2.75) is 20.3 Å². The summed E-state index contributed by atoms with van der Waals surface area (Å²) in [7, 11) is 0. The fourth-order valence-electron chi connectivity index (χ4n) is 3.02. The molecule has 0 saturated carbocycles. The Morgan fingerprint density at radius 2 is 2.04 bits per heavy atom. The summed E-state index contributed by atoms with van der Waals surface area (Å²) in [4.78, 5) is 25.0. The molecule has 3 aromatic rings. The topological polar surface area (TPSA) is 76.0 Å². The lowest BCUT2D eigenvalue weighted by Gasteiger charge is -2.13. The summed E-state index contributed by atoms with van der Waals surface area (Å²) < 4.78 is 2.74. The van der Waals surface area contributed by atoms with Crippen molar-refractivity contribution in [3.63, 3.8) is 0 Å². The Bertz CT molecular complexity index is 965. The second-order valence-corrected chi connectivity index (χ2v) is 6.79. The van der Waals surface area contributed by atoms with Gasteiger partial charge in [-0.25, -0.2) is 9.75 Å². The van der Waals surface area contributed by atoms with Gasteiger partial charge in [-0.1, -0.05) is 15.9 Å². The van der Waals surface area contributed by atoms with Gasteiger partial charge in [-0.15, -0.1) is 5.10 Å². The highest BCUT2D eigenvalue weighted by molar-refractivity contribution is 9.10.